The summed E-state index contributed by atoms with van der Waals surface area (Å²) in [6.45, 7) is 0. The molecule has 0 fully saturated rings. The maximum Gasteiger partial charge on any atom is 0.339 e. The normalized spacial score (nSPS) is 11.3. The molecule has 3 aromatic carbocycles. The van der Waals surface area contributed by atoms with Crippen LogP contribution in [0.3, 0.4) is 0 Å². The van der Waals surface area contributed by atoms with E-state index in [9.17, 15) is 18.3 Å². The number of nitrogens with one attached hydrogen (secondary N) is 1. The van der Waals surface area contributed by atoms with Crippen LogP contribution in [0.5, 0.6) is 5.75 Å². The molecule has 0 spiro atoms. The summed E-state index contributed by atoms with van der Waals surface area (Å²) >= 11 is 0. The van der Waals surface area contributed by atoms with Gasteiger partial charge in [0.15, 0.2) is 0 Å². The lowest BCUT2D eigenvalue weighted by atomic mass is 10.0. The monoisotopic (exact) mass is 343 g/mol. The summed E-state index contributed by atoms with van der Waals surface area (Å²) in [5.41, 5.74) is 0.00848. The number of hydrogen-bond acceptors (Lipinski definition) is 4. The number of benzene rings is 3. The Morgan fingerprint density at radius 3 is 2.25 bits per heavy atom. The van der Waals surface area contributed by atoms with E-state index in [0.717, 1.165) is 0 Å². The molecule has 6 nitrogen and oxygen atoms in total. The van der Waals surface area contributed by atoms with E-state index in [1.165, 1.54) is 36.4 Å². The summed E-state index contributed by atoms with van der Waals surface area (Å²) in [6.07, 6.45) is 0. The first-order valence-corrected chi connectivity index (χ1v) is 8.44. The zero-order valence-electron chi connectivity index (χ0n) is 12.3. The number of anilines is 1. The summed E-state index contributed by atoms with van der Waals surface area (Å²) in [5, 5.41) is 19.8. The molecule has 0 heterocycles. The number of hydrogen-bond donors (Lipinski definition) is 3. The van der Waals surface area contributed by atoms with E-state index in [-0.39, 0.29) is 21.5 Å². The molecule has 0 aliphatic carbocycles. The molecule has 122 valence electrons. The van der Waals surface area contributed by atoms with E-state index < -0.39 is 21.7 Å². The Hall–Kier alpha value is -3.06. The topological polar surface area (TPSA) is 104 Å². The van der Waals surface area contributed by atoms with Crippen LogP contribution in [0.2, 0.25) is 0 Å². The number of phenols is 1. The van der Waals surface area contributed by atoms with Crippen LogP contribution in [0.4, 0.5) is 5.69 Å². The van der Waals surface area contributed by atoms with Crippen molar-refractivity contribution in [1.29, 1.82) is 0 Å². The Balaban J connectivity index is 2.11. The molecular weight excluding hydrogens is 330 g/mol. The molecule has 3 N–H and O–H groups in total. The second kappa shape index (κ2) is 5.86. The molecule has 0 aliphatic heterocycles. The number of carbonyl (C=O) groups is 1. The summed E-state index contributed by atoms with van der Waals surface area (Å²) in [7, 11) is -3.79. The average Bonchev–Trinajstić information content (AvgIpc) is 2.56. The van der Waals surface area contributed by atoms with E-state index in [1.807, 2.05) is 0 Å². The lowest BCUT2D eigenvalue weighted by Gasteiger charge is -2.12. The Kier molecular flexibility index (Phi) is 3.86. The van der Waals surface area contributed by atoms with Crippen LogP contribution < -0.4 is 4.72 Å². The highest BCUT2D eigenvalue weighted by Gasteiger charge is 2.18. The van der Waals surface area contributed by atoms with Gasteiger partial charge in [-0.15, -0.1) is 0 Å². The van der Waals surface area contributed by atoms with Crippen molar-refractivity contribution in [1.82, 2.24) is 0 Å². The van der Waals surface area contributed by atoms with E-state index in [1.54, 1.807) is 24.3 Å². The number of carboxylic acids is 1. The number of aromatic carboxylic acids is 1. The van der Waals surface area contributed by atoms with Gasteiger partial charge < -0.3 is 10.2 Å². The van der Waals surface area contributed by atoms with Gasteiger partial charge >= 0.3 is 5.97 Å². The number of carboxylic acid groups (broad SMARTS) is 1. The summed E-state index contributed by atoms with van der Waals surface area (Å²) in [6, 6.07) is 15.2. The van der Waals surface area contributed by atoms with Gasteiger partial charge in [0.05, 0.1) is 10.6 Å². The van der Waals surface area contributed by atoms with Gasteiger partial charge in [-0.1, -0.05) is 36.4 Å². The van der Waals surface area contributed by atoms with E-state index in [4.69, 9.17) is 5.11 Å². The summed E-state index contributed by atoms with van der Waals surface area (Å²) in [5.74, 6) is -1.66. The van der Waals surface area contributed by atoms with Gasteiger partial charge in [0.1, 0.15) is 11.3 Å². The van der Waals surface area contributed by atoms with Gasteiger partial charge in [-0.25, -0.2) is 13.2 Å². The second-order valence-electron chi connectivity index (χ2n) is 5.09. The van der Waals surface area contributed by atoms with Gasteiger partial charge in [-0.05, 0) is 24.3 Å². The molecular formula is C17H13NO5S. The Morgan fingerprint density at radius 1 is 0.875 bits per heavy atom. The number of sulfonamides is 1. The van der Waals surface area contributed by atoms with Gasteiger partial charge in [-0.3, -0.25) is 4.72 Å². The van der Waals surface area contributed by atoms with Crippen molar-refractivity contribution in [3.63, 3.8) is 0 Å². The Bertz CT molecular complexity index is 1030. The van der Waals surface area contributed by atoms with Crippen LogP contribution >= 0.6 is 0 Å². The Labute approximate surface area is 138 Å². The minimum absolute atomic E-state index is 0.105. The third-order valence-corrected chi connectivity index (χ3v) is 4.94. The fraction of sp³-hybridized carbons (Fsp3) is 0. The fourth-order valence-corrected chi connectivity index (χ4v) is 3.51. The second-order valence-corrected chi connectivity index (χ2v) is 6.77. The van der Waals surface area contributed by atoms with Crippen molar-refractivity contribution in [2.45, 2.75) is 4.90 Å². The summed E-state index contributed by atoms with van der Waals surface area (Å²) < 4.78 is 27.3. The predicted octanol–water partition coefficient (Wildman–Crippen LogP) is 3.04. The van der Waals surface area contributed by atoms with Crippen LogP contribution in [0, 0.1) is 0 Å². The zero-order valence-corrected chi connectivity index (χ0v) is 13.1. The molecule has 0 aromatic heterocycles. The minimum Gasteiger partial charge on any atom is -0.506 e. The maximum atomic E-state index is 12.4. The molecule has 24 heavy (non-hydrogen) atoms. The van der Waals surface area contributed by atoms with Crippen LogP contribution in [0.25, 0.3) is 10.8 Å². The van der Waals surface area contributed by atoms with Gasteiger partial charge in [0.2, 0.25) is 0 Å². The molecule has 0 atom stereocenters. The molecule has 3 rings (SSSR count). The van der Waals surface area contributed by atoms with Crippen LogP contribution in [-0.2, 0) is 10.0 Å². The first kappa shape index (κ1) is 15.8. The van der Waals surface area contributed by atoms with Gasteiger partial charge in [0, 0.05) is 10.8 Å². The van der Waals surface area contributed by atoms with Crippen LogP contribution in [0.1, 0.15) is 10.4 Å². The quantitative estimate of drug-likeness (QED) is 0.675. The van der Waals surface area contributed by atoms with Crippen molar-refractivity contribution >= 4 is 32.5 Å². The van der Waals surface area contributed by atoms with Crippen molar-refractivity contribution in [2.75, 3.05) is 4.72 Å². The maximum absolute atomic E-state index is 12.4. The molecule has 0 saturated heterocycles. The highest BCUT2D eigenvalue weighted by atomic mass is 32.2. The van der Waals surface area contributed by atoms with Crippen LogP contribution in [-0.4, -0.2) is 24.6 Å². The molecule has 0 saturated carbocycles. The first-order valence-electron chi connectivity index (χ1n) is 6.96. The molecule has 3 aromatic rings. The SMILES string of the molecule is O=C(O)c1ccc2c(NS(=O)(=O)c3ccccc3)cccc2c1O. The molecule has 0 bridgehead atoms. The highest BCUT2D eigenvalue weighted by Crippen LogP contribution is 2.33. The smallest absolute Gasteiger partial charge is 0.339 e. The van der Waals surface area contributed by atoms with Crippen LogP contribution in [0.15, 0.2) is 65.6 Å². The standard InChI is InChI=1S/C17H13NO5S/c19-16-13-7-4-8-15(12(13)9-10-14(16)17(20)21)18-24(22,23)11-5-2-1-3-6-11/h1-10,18-19H,(H,20,21). The number of fused-ring (bicyclic) bond motifs is 1. The summed E-state index contributed by atoms with van der Waals surface area (Å²) in [4.78, 5) is 11.2. The minimum atomic E-state index is -3.79. The molecule has 0 aliphatic rings. The molecule has 0 unspecified atom stereocenters. The first-order chi connectivity index (χ1) is 11.4. The Morgan fingerprint density at radius 2 is 1.58 bits per heavy atom. The van der Waals surface area contributed by atoms with Crippen molar-refractivity contribution in [3.05, 3.63) is 66.2 Å². The van der Waals surface area contributed by atoms with Crippen molar-refractivity contribution in [3.8, 4) is 5.75 Å². The van der Waals surface area contributed by atoms with E-state index in [2.05, 4.69) is 4.72 Å². The average molecular weight is 343 g/mol. The van der Waals surface area contributed by atoms with Crippen molar-refractivity contribution < 1.29 is 23.4 Å². The van der Waals surface area contributed by atoms with E-state index in [0.29, 0.717) is 5.39 Å². The predicted molar refractivity (Wildman–Crippen MR) is 89.8 cm³/mol. The highest BCUT2D eigenvalue weighted by molar-refractivity contribution is 7.92. The molecule has 0 amide bonds. The lowest BCUT2D eigenvalue weighted by molar-refractivity contribution is 0.0694. The largest absolute Gasteiger partial charge is 0.506 e. The fourth-order valence-electron chi connectivity index (χ4n) is 2.41. The van der Waals surface area contributed by atoms with E-state index >= 15 is 0 Å². The van der Waals surface area contributed by atoms with Gasteiger partial charge in [0.25, 0.3) is 10.0 Å². The number of rotatable bonds is 4. The molecule has 0 radical (unpaired) electrons. The third kappa shape index (κ3) is 2.77. The zero-order chi connectivity index (χ0) is 17.3. The van der Waals surface area contributed by atoms with Gasteiger partial charge in [-0.2, -0.15) is 0 Å². The number of aromatic hydroxyl groups is 1. The molecule has 7 heteroatoms. The lowest BCUT2D eigenvalue weighted by Crippen LogP contribution is -2.13. The van der Waals surface area contributed by atoms with Crippen molar-refractivity contribution in [2.24, 2.45) is 0 Å². The third-order valence-electron chi connectivity index (χ3n) is 3.56.